The summed E-state index contributed by atoms with van der Waals surface area (Å²) in [6.45, 7) is 4.72. The molecule has 0 radical (unpaired) electrons. The van der Waals surface area contributed by atoms with Gasteiger partial charge in [0, 0.05) is 13.3 Å². The molecule has 3 aromatic rings. The fraction of sp³-hybridized carbons (Fsp3) is 0.227. The molecule has 5 nitrogen and oxygen atoms in total. The Morgan fingerprint density at radius 1 is 1.21 bits per heavy atom. The topological polar surface area (TPSA) is 68.0 Å². The minimum absolute atomic E-state index is 0.220. The Morgan fingerprint density at radius 3 is 2.52 bits per heavy atom. The van der Waals surface area contributed by atoms with Gasteiger partial charge in [-0.25, -0.2) is 14.5 Å². The first-order chi connectivity index (χ1) is 13.8. The van der Waals surface area contributed by atoms with E-state index in [2.05, 4.69) is 16.7 Å². The van der Waals surface area contributed by atoms with E-state index < -0.39 is 17.7 Å². The highest BCUT2D eigenvalue weighted by Crippen LogP contribution is 2.26. The number of aromatic nitrogens is 3. The monoisotopic (exact) mass is 397 g/mol. The van der Waals surface area contributed by atoms with Crippen LogP contribution < -0.4 is 0 Å². The van der Waals surface area contributed by atoms with Crippen LogP contribution in [0.4, 0.5) is 8.78 Å². The number of hydrogen-bond acceptors (Lipinski definition) is 3. The maximum absolute atomic E-state index is 13.6. The summed E-state index contributed by atoms with van der Waals surface area (Å²) in [6, 6.07) is 14.0. The van der Waals surface area contributed by atoms with Crippen molar-refractivity contribution in [3.63, 3.8) is 0 Å². The van der Waals surface area contributed by atoms with Crippen molar-refractivity contribution < 1.29 is 18.7 Å². The molecule has 0 aliphatic heterocycles. The van der Waals surface area contributed by atoms with E-state index in [1.165, 1.54) is 4.68 Å². The first-order valence-electron chi connectivity index (χ1n) is 9.14. The number of aromatic carboxylic acids is 1. The molecule has 2 aromatic carbocycles. The summed E-state index contributed by atoms with van der Waals surface area (Å²) >= 11 is 0. The molecule has 0 unspecified atom stereocenters. The van der Waals surface area contributed by atoms with Crippen LogP contribution in [0.5, 0.6) is 0 Å². The number of benzene rings is 2. The molecular formula is C22H21F2N3O2. The van der Waals surface area contributed by atoms with E-state index in [0.29, 0.717) is 24.2 Å². The predicted octanol–water partition coefficient (Wildman–Crippen LogP) is 4.92. The second-order valence-corrected chi connectivity index (χ2v) is 6.77. The van der Waals surface area contributed by atoms with Crippen LogP contribution in [0.25, 0.3) is 11.1 Å². The van der Waals surface area contributed by atoms with Gasteiger partial charge in [0.2, 0.25) is 5.82 Å². The van der Waals surface area contributed by atoms with Gasteiger partial charge in [0.25, 0.3) is 0 Å². The average molecular weight is 397 g/mol. The van der Waals surface area contributed by atoms with Crippen molar-refractivity contribution in [1.29, 1.82) is 0 Å². The van der Waals surface area contributed by atoms with Gasteiger partial charge in [0.1, 0.15) is 5.82 Å². The van der Waals surface area contributed by atoms with Gasteiger partial charge >= 0.3 is 11.9 Å². The van der Waals surface area contributed by atoms with Crippen LogP contribution >= 0.6 is 0 Å². The van der Waals surface area contributed by atoms with Crippen molar-refractivity contribution in [2.45, 2.75) is 32.2 Å². The Bertz CT molecular complexity index is 1020. The van der Waals surface area contributed by atoms with E-state index in [0.717, 1.165) is 18.1 Å². The van der Waals surface area contributed by atoms with Gasteiger partial charge in [0.15, 0.2) is 0 Å². The zero-order valence-corrected chi connectivity index (χ0v) is 16.0. The number of alkyl halides is 2. The fourth-order valence-corrected chi connectivity index (χ4v) is 2.99. The molecule has 0 saturated carbocycles. The lowest BCUT2D eigenvalue weighted by atomic mass is 9.99. The first-order valence-corrected chi connectivity index (χ1v) is 9.14. The molecule has 0 fully saturated rings. The number of rotatable bonds is 8. The number of hydrogen-bond donors (Lipinski definition) is 1. The van der Waals surface area contributed by atoms with E-state index in [9.17, 15) is 18.7 Å². The molecule has 0 saturated heterocycles. The Labute approximate surface area is 167 Å². The third kappa shape index (κ3) is 4.74. The van der Waals surface area contributed by atoms with E-state index in [1.807, 2.05) is 24.3 Å². The largest absolute Gasteiger partial charge is 0.478 e. The lowest BCUT2D eigenvalue weighted by Gasteiger charge is -2.09. The maximum Gasteiger partial charge on any atom is 0.336 e. The lowest BCUT2D eigenvalue weighted by Crippen LogP contribution is -2.11. The normalized spacial score (nSPS) is 11.4. The van der Waals surface area contributed by atoms with E-state index in [-0.39, 0.29) is 12.1 Å². The Hall–Kier alpha value is -3.35. The third-order valence-electron chi connectivity index (χ3n) is 4.47. The Balaban J connectivity index is 1.88. The Kier molecular flexibility index (Phi) is 5.87. The number of carboxylic acids is 1. The third-order valence-corrected chi connectivity index (χ3v) is 4.47. The second kappa shape index (κ2) is 8.34. The zero-order chi connectivity index (χ0) is 21.0. The number of halogens is 2. The summed E-state index contributed by atoms with van der Waals surface area (Å²) in [4.78, 5) is 15.4. The molecule has 0 spiro atoms. The van der Waals surface area contributed by atoms with Crippen molar-refractivity contribution in [1.82, 2.24) is 14.8 Å². The smallest absolute Gasteiger partial charge is 0.336 e. The highest BCUT2D eigenvalue weighted by molar-refractivity contribution is 5.95. The average Bonchev–Trinajstić information content (AvgIpc) is 3.10. The van der Waals surface area contributed by atoms with Gasteiger partial charge in [-0.1, -0.05) is 48.5 Å². The van der Waals surface area contributed by atoms with E-state index >= 15 is 0 Å². The van der Waals surface area contributed by atoms with Crippen molar-refractivity contribution in [3.05, 3.63) is 84.0 Å². The van der Waals surface area contributed by atoms with E-state index in [1.54, 1.807) is 30.3 Å². The molecule has 0 amide bonds. The SMILES string of the molecule is C=CCCc1nc(C(C)(F)F)nn1Cc1ccc(-c2ccccc2C(=O)O)cc1. The van der Waals surface area contributed by atoms with Gasteiger partial charge < -0.3 is 5.11 Å². The number of carboxylic acid groups (broad SMARTS) is 1. The maximum atomic E-state index is 13.6. The highest BCUT2D eigenvalue weighted by Gasteiger charge is 2.31. The van der Waals surface area contributed by atoms with Crippen molar-refractivity contribution in [2.24, 2.45) is 0 Å². The predicted molar refractivity (Wildman–Crippen MR) is 106 cm³/mol. The second-order valence-electron chi connectivity index (χ2n) is 6.77. The zero-order valence-electron chi connectivity index (χ0n) is 16.0. The number of nitrogens with zero attached hydrogens (tertiary/aromatic N) is 3. The number of carbonyl (C=O) groups is 1. The summed E-state index contributed by atoms with van der Waals surface area (Å²) in [7, 11) is 0. The molecule has 0 atom stereocenters. The van der Waals surface area contributed by atoms with Crippen molar-refractivity contribution in [3.8, 4) is 11.1 Å². The minimum Gasteiger partial charge on any atom is -0.478 e. The summed E-state index contributed by atoms with van der Waals surface area (Å²) in [6.07, 6.45) is 2.78. The molecule has 0 aliphatic carbocycles. The van der Waals surface area contributed by atoms with Gasteiger partial charge in [-0.3, -0.25) is 0 Å². The van der Waals surface area contributed by atoms with Crippen LogP contribution in [-0.4, -0.2) is 25.8 Å². The molecule has 7 heteroatoms. The van der Waals surface area contributed by atoms with Gasteiger partial charge in [-0.05, 0) is 29.2 Å². The summed E-state index contributed by atoms with van der Waals surface area (Å²) < 4.78 is 28.8. The summed E-state index contributed by atoms with van der Waals surface area (Å²) in [5.74, 6) is -4.13. The molecule has 150 valence electrons. The van der Waals surface area contributed by atoms with Crippen LogP contribution in [0.3, 0.4) is 0 Å². The first kappa shape index (κ1) is 20.4. The molecule has 1 heterocycles. The summed E-state index contributed by atoms with van der Waals surface area (Å²) in [5.41, 5.74) is 2.44. The molecular weight excluding hydrogens is 376 g/mol. The minimum atomic E-state index is -3.11. The molecule has 1 aromatic heterocycles. The lowest BCUT2D eigenvalue weighted by molar-refractivity contribution is 0.00755. The molecule has 0 aliphatic rings. The molecule has 1 N–H and O–H groups in total. The van der Waals surface area contributed by atoms with Crippen molar-refractivity contribution in [2.75, 3.05) is 0 Å². The fourth-order valence-electron chi connectivity index (χ4n) is 2.99. The molecule has 0 bridgehead atoms. The number of allylic oxidation sites excluding steroid dienone is 1. The van der Waals surface area contributed by atoms with Crippen LogP contribution in [0.1, 0.15) is 40.9 Å². The van der Waals surface area contributed by atoms with Crippen LogP contribution in [0.2, 0.25) is 0 Å². The van der Waals surface area contributed by atoms with Crippen LogP contribution in [0.15, 0.2) is 61.2 Å². The van der Waals surface area contributed by atoms with Gasteiger partial charge in [0.05, 0.1) is 12.1 Å². The van der Waals surface area contributed by atoms with Gasteiger partial charge in [-0.15, -0.1) is 11.7 Å². The van der Waals surface area contributed by atoms with Crippen molar-refractivity contribution >= 4 is 5.97 Å². The van der Waals surface area contributed by atoms with Gasteiger partial charge in [-0.2, -0.15) is 8.78 Å². The summed E-state index contributed by atoms with van der Waals surface area (Å²) in [5, 5.41) is 13.4. The van der Waals surface area contributed by atoms with Crippen LogP contribution in [0, 0.1) is 0 Å². The Morgan fingerprint density at radius 2 is 1.90 bits per heavy atom. The standard InChI is InChI=1S/C22H21F2N3O2/c1-3-4-9-19-25-21(22(2,23)24)26-27(19)14-15-10-12-16(13-11-15)17-7-5-6-8-18(17)20(28)29/h3,5-8,10-13H,1,4,9,14H2,2H3,(H,28,29). The van der Waals surface area contributed by atoms with E-state index in [4.69, 9.17) is 0 Å². The molecule has 29 heavy (non-hydrogen) atoms. The highest BCUT2D eigenvalue weighted by atomic mass is 19.3. The molecule has 3 rings (SSSR count). The van der Waals surface area contributed by atoms with Crippen LogP contribution in [-0.2, 0) is 18.9 Å². The quantitative estimate of drug-likeness (QED) is 0.548. The number of aryl methyl sites for hydroxylation is 1.